The van der Waals surface area contributed by atoms with Crippen LogP contribution >= 0.6 is 0 Å². The second kappa shape index (κ2) is 9.20. The Bertz CT molecular complexity index is 812. The molecule has 1 aromatic heterocycles. The van der Waals surface area contributed by atoms with Crippen LogP contribution in [0.3, 0.4) is 0 Å². The number of halogens is 2. The quantitative estimate of drug-likeness (QED) is 0.674. The zero-order chi connectivity index (χ0) is 19.9. The third-order valence-electron chi connectivity index (χ3n) is 4.41. The van der Waals surface area contributed by atoms with Crippen molar-refractivity contribution in [1.82, 2.24) is 16.0 Å². The normalized spacial score (nSPS) is 15.6. The first-order valence-electron chi connectivity index (χ1n) is 8.92. The van der Waals surface area contributed by atoms with Gasteiger partial charge in [0.25, 0.3) is 0 Å². The number of carbonyl (C=O) groups is 2. The highest BCUT2D eigenvalue weighted by Gasteiger charge is 2.23. The molecule has 0 radical (unpaired) electrons. The first-order chi connectivity index (χ1) is 13.5. The number of fused-ring (bicyclic) bond motifs is 1. The Labute approximate surface area is 160 Å². The minimum atomic E-state index is -2.87. The minimum Gasteiger partial charge on any atom is -0.467 e. The fourth-order valence-electron chi connectivity index (χ4n) is 3.15. The molecule has 1 aliphatic carbocycles. The summed E-state index contributed by atoms with van der Waals surface area (Å²) < 4.78 is 34.3. The van der Waals surface area contributed by atoms with E-state index in [1.165, 1.54) is 12.3 Å². The van der Waals surface area contributed by atoms with Crippen LogP contribution in [0.4, 0.5) is 13.6 Å². The topological polar surface area (TPSA) is 92.6 Å². The highest BCUT2D eigenvalue weighted by Crippen LogP contribution is 2.32. The zero-order valence-corrected chi connectivity index (χ0v) is 15.0. The molecule has 1 aliphatic rings. The molecule has 1 atom stereocenters. The summed E-state index contributed by atoms with van der Waals surface area (Å²) >= 11 is 0. The molecule has 0 aliphatic heterocycles. The van der Waals surface area contributed by atoms with Crippen LogP contribution in [0.15, 0.2) is 41.0 Å². The Balaban J connectivity index is 1.48. The molecular formula is C19H21F2N3O4. The van der Waals surface area contributed by atoms with Gasteiger partial charge in [-0.15, -0.1) is 0 Å². The van der Waals surface area contributed by atoms with Crippen LogP contribution in [0, 0.1) is 0 Å². The van der Waals surface area contributed by atoms with Gasteiger partial charge in [-0.2, -0.15) is 8.78 Å². The summed E-state index contributed by atoms with van der Waals surface area (Å²) in [4.78, 5) is 23.9. The number of nitrogens with one attached hydrogen (secondary N) is 3. The lowest BCUT2D eigenvalue weighted by atomic mass is 9.87. The van der Waals surface area contributed by atoms with E-state index in [1.807, 2.05) is 0 Å². The minimum absolute atomic E-state index is 0.104. The number of amides is 3. The van der Waals surface area contributed by atoms with E-state index in [9.17, 15) is 18.4 Å². The predicted octanol–water partition coefficient (Wildman–Crippen LogP) is 2.87. The van der Waals surface area contributed by atoms with Crippen LogP contribution in [0.2, 0.25) is 0 Å². The maximum Gasteiger partial charge on any atom is 0.387 e. The van der Waals surface area contributed by atoms with Crippen molar-refractivity contribution in [1.29, 1.82) is 0 Å². The summed E-state index contributed by atoms with van der Waals surface area (Å²) in [5, 5.41) is 7.97. The molecule has 0 fully saturated rings. The van der Waals surface area contributed by atoms with E-state index in [4.69, 9.17) is 4.42 Å². The fraction of sp³-hybridized carbons (Fsp3) is 0.368. The van der Waals surface area contributed by atoms with Crippen LogP contribution in [-0.4, -0.2) is 25.1 Å². The fourth-order valence-corrected chi connectivity index (χ4v) is 3.15. The van der Waals surface area contributed by atoms with Crippen LogP contribution in [0.5, 0.6) is 5.75 Å². The van der Waals surface area contributed by atoms with Crippen molar-refractivity contribution in [3.8, 4) is 5.75 Å². The molecule has 150 valence electrons. The summed E-state index contributed by atoms with van der Waals surface area (Å²) in [6, 6.07) is 7.46. The van der Waals surface area contributed by atoms with Gasteiger partial charge in [0.1, 0.15) is 11.5 Å². The van der Waals surface area contributed by atoms with Gasteiger partial charge in [0, 0.05) is 0 Å². The van der Waals surface area contributed by atoms with Crippen molar-refractivity contribution in [2.24, 2.45) is 0 Å². The standard InChI is InChI=1S/C19H21F2N3O4/c20-18(21)28-13-6-7-15-12(9-13)3-1-5-16(15)24-19(26)23-11-17(25)22-10-14-4-2-8-27-14/h2,4,6-9,16,18H,1,3,5,10-11H2,(H,22,25)(H2,23,24,26). The first kappa shape index (κ1) is 19.7. The molecule has 0 bridgehead atoms. The Kier molecular flexibility index (Phi) is 6.46. The molecule has 0 saturated heterocycles. The number of furan rings is 1. The van der Waals surface area contributed by atoms with Gasteiger partial charge in [-0.3, -0.25) is 4.79 Å². The summed E-state index contributed by atoms with van der Waals surface area (Å²) in [5.41, 5.74) is 1.73. The number of benzene rings is 1. The third kappa shape index (κ3) is 5.45. The van der Waals surface area contributed by atoms with Crippen molar-refractivity contribution >= 4 is 11.9 Å². The third-order valence-corrected chi connectivity index (χ3v) is 4.41. The van der Waals surface area contributed by atoms with Crippen LogP contribution in [0.1, 0.15) is 35.8 Å². The first-order valence-corrected chi connectivity index (χ1v) is 8.92. The molecule has 1 unspecified atom stereocenters. The van der Waals surface area contributed by atoms with E-state index in [2.05, 4.69) is 20.7 Å². The zero-order valence-electron chi connectivity index (χ0n) is 15.0. The Morgan fingerprint density at radius 3 is 2.86 bits per heavy atom. The molecular weight excluding hydrogens is 372 g/mol. The number of hydrogen-bond donors (Lipinski definition) is 3. The van der Waals surface area contributed by atoms with Gasteiger partial charge >= 0.3 is 12.6 Å². The van der Waals surface area contributed by atoms with Gasteiger partial charge in [0.15, 0.2) is 0 Å². The average Bonchev–Trinajstić information content (AvgIpc) is 3.18. The number of urea groups is 1. The Hall–Kier alpha value is -3.10. The van der Waals surface area contributed by atoms with Crippen molar-refractivity contribution in [2.45, 2.75) is 38.5 Å². The van der Waals surface area contributed by atoms with Crippen molar-refractivity contribution in [3.05, 3.63) is 53.5 Å². The van der Waals surface area contributed by atoms with E-state index in [1.54, 1.807) is 24.3 Å². The smallest absolute Gasteiger partial charge is 0.387 e. The SMILES string of the molecule is O=C(CNC(=O)NC1CCCc2cc(OC(F)F)ccc21)NCc1ccco1. The van der Waals surface area contributed by atoms with Gasteiger partial charge < -0.3 is 25.1 Å². The molecule has 2 aromatic rings. The van der Waals surface area contributed by atoms with Gasteiger partial charge in [0.2, 0.25) is 5.91 Å². The van der Waals surface area contributed by atoms with E-state index >= 15 is 0 Å². The molecule has 9 heteroatoms. The second-order valence-electron chi connectivity index (χ2n) is 6.37. The largest absolute Gasteiger partial charge is 0.467 e. The van der Waals surface area contributed by atoms with E-state index in [-0.39, 0.29) is 30.8 Å². The highest BCUT2D eigenvalue weighted by molar-refractivity contribution is 5.84. The summed E-state index contributed by atoms with van der Waals surface area (Å²) in [5.74, 6) is 0.378. The summed E-state index contributed by atoms with van der Waals surface area (Å²) in [6.07, 6.45) is 3.77. The van der Waals surface area contributed by atoms with Gasteiger partial charge in [-0.25, -0.2) is 4.79 Å². The number of aryl methyl sites for hydroxylation is 1. The second-order valence-corrected chi connectivity index (χ2v) is 6.37. The number of ether oxygens (including phenoxy) is 1. The van der Waals surface area contributed by atoms with Crippen molar-refractivity contribution in [3.63, 3.8) is 0 Å². The molecule has 1 aromatic carbocycles. The van der Waals surface area contributed by atoms with Crippen LogP contribution in [0.25, 0.3) is 0 Å². The van der Waals surface area contributed by atoms with Crippen LogP contribution in [-0.2, 0) is 17.8 Å². The molecule has 3 amide bonds. The maximum absolute atomic E-state index is 12.4. The van der Waals surface area contributed by atoms with Crippen molar-refractivity contribution in [2.75, 3.05) is 6.54 Å². The average molecular weight is 393 g/mol. The van der Waals surface area contributed by atoms with Crippen molar-refractivity contribution < 1.29 is 27.5 Å². The molecule has 1 heterocycles. The van der Waals surface area contributed by atoms with Gasteiger partial charge in [0.05, 0.1) is 25.4 Å². The molecule has 3 rings (SSSR count). The van der Waals surface area contributed by atoms with Gasteiger partial charge in [-0.1, -0.05) is 6.07 Å². The van der Waals surface area contributed by atoms with E-state index in [0.717, 1.165) is 30.4 Å². The predicted molar refractivity (Wildman–Crippen MR) is 95.8 cm³/mol. The van der Waals surface area contributed by atoms with E-state index < -0.39 is 12.6 Å². The molecule has 0 saturated carbocycles. The molecule has 0 spiro atoms. The Morgan fingerprint density at radius 2 is 2.11 bits per heavy atom. The number of hydrogen-bond acceptors (Lipinski definition) is 4. The van der Waals surface area contributed by atoms with E-state index in [0.29, 0.717) is 5.76 Å². The number of rotatable bonds is 7. The number of carbonyl (C=O) groups excluding carboxylic acids is 2. The molecule has 3 N–H and O–H groups in total. The summed E-state index contributed by atoms with van der Waals surface area (Å²) in [7, 11) is 0. The highest BCUT2D eigenvalue weighted by atomic mass is 19.3. The lowest BCUT2D eigenvalue weighted by Gasteiger charge is -2.27. The number of alkyl halides is 2. The Morgan fingerprint density at radius 1 is 1.25 bits per heavy atom. The summed E-state index contributed by atoms with van der Waals surface area (Å²) in [6.45, 7) is -2.80. The molecule has 7 nitrogen and oxygen atoms in total. The lowest BCUT2D eigenvalue weighted by Crippen LogP contribution is -2.43. The lowest BCUT2D eigenvalue weighted by molar-refractivity contribution is -0.120. The molecule has 28 heavy (non-hydrogen) atoms. The maximum atomic E-state index is 12.4. The monoisotopic (exact) mass is 393 g/mol. The van der Waals surface area contributed by atoms with Crippen LogP contribution < -0.4 is 20.7 Å². The van der Waals surface area contributed by atoms with Gasteiger partial charge in [-0.05, 0) is 54.7 Å².